The number of hydrogen-bond donors (Lipinski definition) is 2. The van der Waals surface area contributed by atoms with Gasteiger partial charge in [0.15, 0.2) is 5.96 Å². The van der Waals surface area contributed by atoms with E-state index in [-0.39, 0.29) is 0 Å². The molecule has 0 amide bonds. The fourth-order valence-corrected chi connectivity index (χ4v) is 3.40. The van der Waals surface area contributed by atoms with E-state index in [1.54, 1.807) is 5.57 Å². The van der Waals surface area contributed by atoms with Gasteiger partial charge < -0.3 is 15.2 Å². The Morgan fingerprint density at radius 3 is 2.93 bits per heavy atom. The van der Waals surface area contributed by atoms with Gasteiger partial charge in [-0.15, -0.1) is 0 Å². The summed E-state index contributed by atoms with van der Waals surface area (Å²) in [6.07, 6.45) is 14.4. The lowest BCUT2D eigenvalue weighted by atomic mass is 9.97. The highest BCUT2D eigenvalue weighted by Gasteiger charge is 2.04. The highest BCUT2D eigenvalue weighted by Crippen LogP contribution is 2.19. The van der Waals surface area contributed by atoms with Crippen molar-refractivity contribution in [3.8, 4) is 0 Å². The molecule has 0 radical (unpaired) electrons. The predicted molar refractivity (Wildman–Crippen MR) is 112 cm³/mol. The Hall–Kier alpha value is -2.56. The summed E-state index contributed by atoms with van der Waals surface area (Å²) in [5.74, 6) is 0.897. The first-order chi connectivity index (χ1) is 13.3. The van der Waals surface area contributed by atoms with Crippen LogP contribution in [0.25, 0.3) is 0 Å². The summed E-state index contributed by atoms with van der Waals surface area (Å²) in [5.41, 5.74) is 4.08. The molecule has 1 heterocycles. The quantitative estimate of drug-likeness (QED) is 0.424. The SMILES string of the molecule is CCNC(=NCc1cccc(Cn2ccnc2)c1)NCCC1=CCCCC1. The van der Waals surface area contributed by atoms with Crippen molar-refractivity contribution in [3.05, 3.63) is 65.8 Å². The number of guanidine groups is 1. The fraction of sp³-hybridized carbons (Fsp3) is 0.455. The van der Waals surface area contributed by atoms with Crippen LogP contribution in [0.4, 0.5) is 0 Å². The highest BCUT2D eigenvalue weighted by atomic mass is 15.2. The van der Waals surface area contributed by atoms with Crippen molar-refractivity contribution in [2.75, 3.05) is 13.1 Å². The van der Waals surface area contributed by atoms with E-state index in [2.05, 4.69) is 57.4 Å². The number of benzene rings is 1. The van der Waals surface area contributed by atoms with E-state index < -0.39 is 0 Å². The van der Waals surface area contributed by atoms with Gasteiger partial charge >= 0.3 is 0 Å². The van der Waals surface area contributed by atoms with Gasteiger partial charge in [0.25, 0.3) is 0 Å². The molecule has 1 aromatic carbocycles. The first-order valence-corrected chi connectivity index (χ1v) is 10.1. The predicted octanol–water partition coefficient (Wildman–Crippen LogP) is 3.88. The summed E-state index contributed by atoms with van der Waals surface area (Å²) >= 11 is 0. The van der Waals surface area contributed by atoms with Crippen molar-refractivity contribution < 1.29 is 0 Å². The van der Waals surface area contributed by atoms with E-state index in [4.69, 9.17) is 4.99 Å². The first kappa shape index (κ1) is 19.2. The van der Waals surface area contributed by atoms with Crippen LogP contribution in [-0.2, 0) is 13.1 Å². The first-order valence-electron chi connectivity index (χ1n) is 10.1. The zero-order valence-electron chi connectivity index (χ0n) is 16.3. The van der Waals surface area contributed by atoms with E-state index in [0.29, 0.717) is 6.54 Å². The van der Waals surface area contributed by atoms with E-state index in [1.165, 1.54) is 36.8 Å². The standard InChI is InChI=1S/C22H31N5/c1-2-24-22(25-12-11-19-7-4-3-5-8-19)26-16-20-9-6-10-21(15-20)17-27-14-13-23-18-27/h6-7,9-10,13-15,18H,2-5,8,11-12,16-17H2,1H3,(H2,24,25,26). The van der Waals surface area contributed by atoms with Gasteiger partial charge in [0.05, 0.1) is 12.9 Å². The number of aliphatic imine (C=N–C) groups is 1. The van der Waals surface area contributed by atoms with Crippen molar-refractivity contribution in [2.45, 2.75) is 52.1 Å². The Bertz CT molecular complexity index is 746. The molecule has 2 aromatic rings. The second-order valence-electron chi connectivity index (χ2n) is 7.04. The molecule has 0 spiro atoms. The third kappa shape index (κ3) is 6.59. The summed E-state index contributed by atoms with van der Waals surface area (Å²) in [6, 6.07) is 8.61. The molecule has 1 aromatic heterocycles. The van der Waals surface area contributed by atoms with Crippen molar-refractivity contribution in [2.24, 2.45) is 4.99 Å². The van der Waals surface area contributed by atoms with Gasteiger partial charge in [-0.25, -0.2) is 9.98 Å². The Labute approximate surface area is 162 Å². The molecule has 5 nitrogen and oxygen atoms in total. The number of hydrogen-bond acceptors (Lipinski definition) is 2. The van der Waals surface area contributed by atoms with Crippen LogP contribution in [0, 0.1) is 0 Å². The van der Waals surface area contributed by atoms with Crippen LogP contribution in [0.5, 0.6) is 0 Å². The molecule has 144 valence electrons. The maximum atomic E-state index is 4.76. The summed E-state index contributed by atoms with van der Waals surface area (Å²) in [5, 5.41) is 6.82. The number of rotatable bonds is 8. The molecule has 0 bridgehead atoms. The normalized spacial score (nSPS) is 14.7. The maximum absolute atomic E-state index is 4.76. The van der Waals surface area contributed by atoms with Gasteiger partial charge in [-0.2, -0.15) is 0 Å². The summed E-state index contributed by atoms with van der Waals surface area (Å²) < 4.78 is 2.08. The second kappa shape index (κ2) is 10.6. The third-order valence-corrected chi connectivity index (χ3v) is 4.80. The Kier molecular flexibility index (Phi) is 7.51. The Morgan fingerprint density at radius 2 is 2.15 bits per heavy atom. The zero-order valence-corrected chi connectivity index (χ0v) is 16.3. The lowest BCUT2D eigenvalue weighted by Crippen LogP contribution is -2.37. The van der Waals surface area contributed by atoms with Gasteiger partial charge in [0.2, 0.25) is 0 Å². The van der Waals surface area contributed by atoms with Gasteiger partial charge in [-0.05, 0) is 50.2 Å². The molecule has 5 heteroatoms. The van der Waals surface area contributed by atoms with Crippen LogP contribution in [-0.4, -0.2) is 28.6 Å². The molecule has 0 saturated carbocycles. The highest BCUT2D eigenvalue weighted by molar-refractivity contribution is 5.79. The largest absolute Gasteiger partial charge is 0.357 e. The molecule has 0 atom stereocenters. The maximum Gasteiger partial charge on any atom is 0.191 e. The van der Waals surface area contributed by atoms with E-state index >= 15 is 0 Å². The van der Waals surface area contributed by atoms with Crippen LogP contribution >= 0.6 is 0 Å². The van der Waals surface area contributed by atoms with Gasteiger partial charge in [0.1, 0.15) is 0 Å². The number of imidazole rings is 1. The summed E-state index contributed by atoms with van der Waals surface area (Å²) in [4.78, 5) is 8.86. The number of allylic oxidation sites excluding steroid dienone is 1. The van der Waals surface area contributed by atoms with Crippen LogP contribution in [0.1, 0.15) is 50.2 Å². The molecule has 27 heavy (non-hydrogen) atoms. The average Bonchev–Trinajstić information content (AvgIpc) is 3.20. The molecule has 0 aliphatic heterocycles. The van der Waals surface area contributed by atoms with Crippen LogP contribution in [0.15, 0.2) is 59.6 Å². The van der Waals surface area contributed by atoms with Gasteiger partial charge in [-0.3, -0.25) is 0 Å². The molecule has 2 N–H and O–H groups in total. The molecule has 1 aliphatic rings. The fourth-order valence-electron chi connectivity index (χ4n) is 3.40. The Morgan fingerprint density at radius 1 is 1.22 bits per heavy atom. The van der Waals surface area contributed by atoms with Crippen molar-refractivity contribution in [3.63, 3.8) is 0 Å². The van der Waals surface area contributed by atoms with E-state index in [1.807, 2.05) is 18.7 Å². The van der Waals surface area contributed by atoms with Crippen molar-refractivity contribution in [1.29, 1.82) is 0 Å². The molecular weight excluding hydrogens is 334 g/mol. The zero-order chi connectivity index (χ0) is 18.7. The molecule has 1 aliphatic carbocycles. The average molecular weight is 366 g/mol. The summed E-state index contributed by atoms with van der Waals surface area (Å²) in [7, 11) is 0. The number of nitrogens with one attached hydrogen (secondary N) is 2. The van der Waals surface area contributed by atoms with E-state index in [9.17, 15) is 0 Å². The van der Waals surface area contributed by atoms with E-state index in [0.717, 1.165) is 32.0 Å². The lowest BCUT2D eigenvalue weighted by Gasteiger charge is -2.15. The topological polar surface area (TPSA) is 54.2 Å². The minimum absolute atomic E-state index is 0.676. The monoisotopic (exact) mass is 365 g/mol. The number of nitrogens with zero attached hydrogens (tertiary/aromatic N) is 3. The number of aromatic nitrogens is 2. The Balaban J connectivity index is 1.53. The van der Waals surface area contributed by atoms with Gasteiger partial charge in [0, 0.05) is 32.0 Å². The summed E-state index contributed by atoms with van der Waals surface area (Å²) in [6.45, 7) is 5.43. The second-order valence-corrected chi connectivity index (χ2v) is 7.04. The van der Waals surface area contributed by atoms with Crippen molar-refractivity contribution in [1.82, 2.24) is 20.2 Å². The minimum atomic E-state index is 0.676. The molecule has 0 saturated heterocycles. The van der Waals surface area contributed by atoms with Gasteiger partial charge in [-0.1, -0.05) is 35.9 Å². The molecular formula is C22H31N5. The molecule has 0 fully saturated rings. The van der Waals surface area contributed by atoms with Crippen LogP contribution in [0.3, 0.4) is 0 Å². The lowest BCUT2D eigenvalue weighted by molar-refractivity contribution is 0.665. The van der Waals surface area contributed by atoms with Crippen LogP contribution < -0.4 is 10.6 Å². The molecule has 3 rings (SSSR count). The third-order valence-electron chi connectivity index (χ3n) is 4.80. The van der Waals surface area contributed by atoms with Crippen molar-refractivity contribution >= 4 is 5.96 Å². The minimum Gasteiger partial charge on any atom is -0.357 e. The smallest absolute Gasteiger partial charge is 0.191 e. The van der Waals surface area contributed by atoms with Crippen LogP contribution in [0.2, 0.25) is 0 Å². The molecule has 0 unspecified atom stereocenters.